The van der Waals surface area contributed by atoms with Gasteiger partial charge < -0.3 is 25.6 Å². The lowest BCUT2D eigenvalue weighted by Gasteiger charge is -2.36. The van der Waals surface area contributed by atoms with Crippen LogP contribution in [0.5, 0.6) is 0 Å². The fraction of sp³-hybridized carbons (Fsp3) is 0.700. The second-order valence-electron chi connectivity index (χ2n) is 12.4. The first-order valence-electron chi connectivity index (χ1n) is 14.7. The van der Waals surface area contributed by atoms with Gasteiger partial charge in [-0.25, -0.2) is 4.79 Å². The van der Waals surface area contributed by atoms with Crippen LogP contribution in [0.15, 0.2) is 25.3 Å². The van der Waals surface area contributed by atoms with Crippen LogP contribution in [0.4, 0.5) is 4.79 Å². The highest BCUT2D eigenvalue weighted by Crippen LogP contribution is 2.65. The number of fused-ring (bicyclic) bond motifs is 1. The molecule has 5 atom stereocenters. The van der Waals surface area contributed by atoms with Crippen molar-refractivity contribution in [2.75, 3.05) is 13.1 Å². The molecule has 3 rings (SSSR count). The number of alkyl halides is 2. The molecule has 1 aliphatic heterocycles. The van der Waals surface area contributed by atoms with E-state index in [2.05, 4.69) is 29.1 Å². The molecule has 1 saturated heterocycles. The lowest BCUT2D eigenvalue weighted by atomic mass is 9.83. The number of halogens is 2. The van der Waals surface area contributed by atoms with E-state index in [-0.39, 0.29) is 31.3 Å². The maximum Gasteiger partial charge on any atom is 0.408 e. The summed E-state index contributed by atoms with van der Waals surface area (Å²) in [4.78, 5) is 67.6. The van der Waals surface area contributed by atoms with Crippen LogP contribution >= 0.6 is 23.2 Å². The Hall–Kier alpha value is -2.59. The average molecular weight is 628 g/mol. The molecule has 10 nitrogen and oxygen atoms in total. The van der Waals surface area contributed by atoms with Crippen molar-refractivity contribution in [1.82, 2.24) is 20.9 Å². The summed E-state index contributed by atoms with van der Waals surface area (Å²) >= 11 is 13.0. The van der Waals surface area contributed by atoms with E-state index in [9.17, 15) is 24.0 Å². The largest absolute Gasteiger partial charge is 0.444 e. The molecule has 0 aromatic rings. The molecule has 3 N–H and O–H groups in total. The van der Waals surface area contributed by atoms with Gasteiger partial charge in [0.1, 0.15) is 22.0 Å². The molecule has 4 unspecified atom stereocenters. The third kappa shape index (κ3) is 8.28. The molecule has 2 aliphatic carbocycles. The molecule has 4 amide bonds. The number of amides is 4. The van der Waals surface area contributed by atoms with Crippen LogP contribution in [0.2, 0.25) is 0 Å². The van der Waals surface area contributed by atoms with E-state index in [1.807, 2.05) is 0 Å². The Kier molecular flexibility index (Phi) is 11.5. The molecule has 42 heavy (non-hydrogen) atoms. The first-order chi connectivity index (χ1) is 19.7. The van der Waals surface area contributed by atoms with Gasteiger partial charge in [-0.15, -0.1) is 36.4 Å². The van der Waals surface area contributed by atoms with Crippen LogP contribution < -0.4 is 16.0 Å². The summed E-state index contributed by atoms with van der Waals surface area (Å²) in [6, 6.07) is -3.11. The summed E-state index contributed by atoms with van der Waals surface area (Å²) in [5.41, 5.74) is -0.760. The summed E-state index contributed by atoms with van der Waals surface area (Å²) < 4.78 is 4.24. The van der Waals surface area contributed by atoms with E-state index in [0.717, 1.165) is 32.1 Å². The maximum absolute atomic E-state index is 14.1. The van der Waals surface area contributed by atoms with Gasteiger partial charge in [0.25, 0.3) is 5.91 Å². The third-order valence-corrected chi connectivity index (χ3v) is 9.16. The molecule has 0 spiro atoms. The molecule has 3 aliphatic rings. The first-order valence-corrected chi connectivity index (χ1v) is 15.5. The number of nitrogens with zero attached hydrogens (tertiary/aromatic N) is 1. The minimum absolute atomic E-state index is 0.126. The molecule has 12 heteroatoms. The first kappa shape index (κ1) is 33.9. The highest BCUT2D eigenvalue weighted by molar-refractivity contribution is 6.51. The minimum atomic E-state index is -1.21. The summed E-state index contributed by atoms with van der Waals surface area (Å²) in [7, 11) is 0. The molecule has 1 heterocycles. The molecular formula is C30H44Cl2N4O6. The van der Waals surface area contributed by atoms with Crippen molar-refractivity contribution in [3.8, 4) is 0 Å². The quantitative estimate of drug-likeness (QED) is 0.123. The van der Waals surface area contributed by atoms with E-state index < -0.39 is 63.6 Å². The number of ether oxygens (including phenoxy) is 1. The van der Waals surface area contributed by atoms with Crippen molar-refractivity contribution in [2.24, 2.45) is 17.8 Å². The molecule has 0 aromatic heterocycles. The predicted molar refractivity (Wildman–Crippen MR) is 161 cm³/mol. The number of carbonyl (C=O) groups excluding carboxylic acids is 5. The predicted octanol–water partition coefficient (Wildman–Crippen LogP) is 3.80. The van der Waals surface area contributed by atoms with E-state index >= 15 is 0 Å². The van der Waals surface area contributed by atoms with Crippen molar-refractivity contribution in [2.45, 2.75) is 100 Å². The zero-order valence-corrected chi connectivity index (χ0v) is 26.3. The van der Waals surface area contributed by atoms with Crippen LogP contribution in [0.25, 0.3) is 0 Å². The molecule has 234 valence electrons. The fourth-order valence-corrected chi connectivity index (χ4v) is 6.77. The molecule has 0 bridgehead atoms. The number of piperidine rings is 1. The maximum atomic E-state index is 14.1. The summed E-state index contributed by atoms with van der Waals surface area (Å²) in [5.74, 6) is -3.70. The number of carbonyl (C=O) groups is 5. The smallest absolute Gasteiger partial charge is 0.408 e. The monoisotopic (exact) mass is 626 g/mol. The Bertz CT molecular complexity index is 1070. The topological polar surface area (TPSA) is 134 Å². The number of nitrogens with one attached hydrogen (secondary N) is 3. The van der Waals surface area contributed by atoms with Gasteiger partial charge >= 0.3 is 6.09 Å². The number of rotatable bonds is 13. The lowest BCUT2D eigenvalue weighted by Crippen LogP contribution is -2.60. The van der Waals surface area contributed by atoms with Crippen molar-refractivity contribution < 1.29 is 28.7 Å². The number of hydrogen-bond acceptors (Lipinski definition) is 6. The molecule has 2 saturated carbocycles. The minimum Gasteiger partial charge on any atom is -0.444 e. The van der Waals surface area contributed by atoms with Crippen molar-refractivity contribution in [3.63, 3.8) is 0 Å². The van der Waals surface area contributed by atoms with E-state index in [1.165, 1.54) is 4.90 Å². The third-order valence-electron chi connectivity index (χ3n) is 8.09. The highest BCUT2D eigenvalue weighted by atomic mass is 35.5. The number of Topliss-reactive ketones (excluding diaryl/α,β-unsaturated/α-hetero) is 1. The SMILES string of the molecule is C=CCCNC(=O)C(=O)C(CCC=C)NC(=O)[C@@H]1C2C(CN1C(=O)C(NC(=O)OC(C)(C)C)C1CCCCC1)C2(Cl)Cl. The number of hydrogen-bond donors (Lipinski definition) is 3. The second kappa shape index (κ2) is 14.3. The van der Waals surface area contributed by atoms with Gasteiger partial charge in [0.2, 0.25) is 17.6 Å². The zero-order chi connectivity index (χ0) is 31.2. The van der Waals surface area contributed by atoms with Gasteiger partial charge in [0.05, 0.1) is 6.04 Å². The molecule has 0 radical (unpaired) electrons. The Labute approximate surface area is 258 Å². The van der Waals surface area contributed by atoms with Crippen LogP contribution in [0.3, 0.4) is 0 Å². The Morgan fingerprint density at radius 3 is 2.26 bits per heavy atom. The van der Waals surface area contributed by atoms with Gasteiger partial charge in [0.15, 0.2) is 0 Å². The Morgan fingerprint density at radius 1 is 1.02 bits per heavy atom. The van der Waals surface area contributed by atoms with Crippen molar-refractivity contribution in [3.05, 3.63) is 25.3 Å². The van der Waals surface area contributed by atoms with Crippen LogP contribution in [-0.2, 0) is 23.9 Å². The normalized spacial score (nSPS) is 24.4. The number of allylic oxidation sites excluding steroid dienone is 1. The lowest BCUT2D eigenvalue weighted by molar-refractivity contribution is -0.144. The van der Waals surface area contributed by atoms with Gasteiger partial charge in [-0.3, -0.25) is 19.2 Å². The summed E-state index contributed by atoms with van der Waals surface area (Å²) in [5, 5.41) is 8.01. The van der Waals surface area contributed by atoms with E-state index in [1.54, 1.807) is 32.9 Å². The van der Waals surface area contributed by atoms with E-state index in [0.29, 0.717) is 12.8 Å². The molecule has 3 fully saturated rings. The van der Waals surface area contributed by atoms with Crippen molar-refractivity contribution >= 4 is 52.8 Å². The summed E-state index contributed by atoms with van der Waals surface area (Å²) in [6.45, 7) is 12.8. The Balaban J connectivity index is 1.83. The zero-order valence-electron chi connectivity index (χ0n) is 24.8. The van der Waals surface area contributed by atoms with Gasteiger partial charge in [0, 0.05) is 24.9 Å². The van der Waals surface area contributed by atoms with E-state index in [4.69, 9.17) is 27.9 Å². The van der Waals surface area contributed by atoms with Crippen molar-refractivity contribution in [1.29, 1.82) is 0 Å². The number of ketones is 1. The highest BCUT2D eigenvalue weighted by Gasteiger charge is 2.74. The van der Waals surface area contributed by atoms with Gasteiger partial charge in [-0.2, -0.15) is 0 Å². The average Bonchev–Trinajstić information content (AvgIpc) is 3.24. The Morgan fingerprint density at radius 2 is 1.67 bits per heavy atom. The van der Waals surface area contributed by atoms with Crippen LogP contribution in [0.1, 0.15) is 72.1 Å². The van der Waals surface area contributed by atoms with Crippen LogP contribution in [-0.4, -0.2) is 75.6 Å². The molecular weight excluding hydrogens is 583 g/mol. The standard InChI is InChI=1S/C30H44Cl2N4O6/c1-6-8-15-20(24(37)26(39)33-16-9-7-2)34-25(38)23-21-19(30(21,31)32)17-36(23)27(40)22(18-13-11-10-12-14-18)35-28(41)42-29(3,4)5/h6-7,18-23H,1-2,8-17H2,3-5H3,(H,33,39)(H,34,38)(H,35,41)/t19?,20?,21?,22?,23-/m0/s1. The summed E-state index contributed by atoms with van der Waals surface area (Å²) in [6.07, 6.45) is 7.88. The van der Waals surface area contributed by atoms with Crippen LogP contribution in [0, 0.1) is 17.8 Å². The van der Waals surface area contributed by atoms with Gasteiger partial charge in [-0.1, -0.05) is 31.4 Å². The number of likely N-dealkylation sites (tertiary alicyclic amines) is 1. The van der Waals surface area contributed by atoms with Gasteiger partial charge in [-0.05, 0) is 58.8 Å². The second-order valence-corrected chi connectivity index (χ2v) is 13.8. The fourth-order valence-electron chi connectivity index (χ4n) is 5.94. The molecule has 0 aromatic carbocycles. The number of alkyl carbamates (subject to hydrolysis) is 1.